The molecule has 0 unspecified atom stereocenters. The highest BCUT2D eigenvalue weighted by Crippen LogP contribution is 2.18. The third kappa shape index (κ3) is 4.76. The number of carbonyl (C=O) groups is 1. The van der Waals surface area contributed by atoms with E-state index in [1.165, 1.54) is 0 Å². The van der Waals surface area contributed by atoms with Crippen molar-refractivity contribution in [2.75, 3.05) is 12.3 Å². The number of benzene rings is 1. The van der Waals surface area contributed by atoms with Crippen molar-refractivity contribution in [1.82, 2.24) is 5.32 Å². The highest BCUT2D eigenvalue weighted by molar-refractivity contribution is 5.78. The van der Waals surface area contributed by atoms with Crippen LogP contribution in [0.3, 0.4) is 0 Å². The van der Waals surface area contributed by atoms with Crippen molar-refractivity contribution < 1.29 is 9.53 Å². The maximum Gasteiger partial charge on any atom is 0.258 e. The minimum Gasteiger partial charge on any atom is -0.484 e. The third-order valence-electron chi connectivity index (χ3n) is 2.13. The van der Waals surface area contributed by atoms with Crippen LogP contribution in [-0.2, 0) is 4.79 Å². The summed E-state index contributed by atoms with van der Waals surface area (Å²) in [6.07, 6.45) is 0. The molecule has 0 saturated heterocycles. The number of hydrogen-bond donors (Lipinski definition) is 2. The largest absolute Gasteiger partial charge is 0.484 e. The summed E-state index contributed by atoms with van der Waals surface area (Å²) >= 11 is 0. The maximum absolute atomic E-state index is 11.5. The number of nitrogens with one attached hydrogen (secondary N) is 1. The van der Waals surface area contributed by atoms with Gasteiger partial charge in [-0.1, -0.05) is 0 Å². The Labute approximate surface area is 102 Å². The average Bonchev–Trinajstić information content (AvgIpc) is 2.17. The summed E-state index contributed by atoms with van der Waals surface area (Å²) in [7, 11) is 0. The van der Waals surface area contributed by atoms with Gasteiger partial charge in [0, 0.05) is 11.2 Å². The standard InChI is InChI=1S/C13H20N2O2/c1-9-7-10(5-6-11(9)14)17-8-12(16)15-13(2,3)4/h5-7H,8,14H2,1-4H3,(H,15,16). The molecule has 4 heteroatoms. The van der Waals surface area contributed by atoms with Gasteiger partial charge in [-0.2, -0.15) is 0 Å². The second kappa shape index (κ2) is 5.08. The van der Waals surface area contributed by atoms with Crippen LogP contribution in [0, 0.1) is 6.92 Å². The first-order valence-corrected chi connectivity index (χ1v) is 5.58. The number of ether oxygens (including phenoxy) is 1. The first-order valence-electron chi connectivity index (χ1n) is 5.58. The van der Waals surface area contributed by atoms with E-state index in [-0.39, 0.29) is 18.1 Å². The molecule has 0 aliphatic carbocycles. The van der Waals surface area contributed by atoms with Crippen LogP contribution in [0.4, 0.5) is 5.69 Å². The Morgan fingerprint density at radius 3 is 2.59 bits per heavy atom. The lowest BCUT2D eigenvalue weighted by atomic mass is 10.1. The fraction of sp³-hybridized carbons (Fsp3) is 0.462. The van der Waals surface area contributed by atoms with Gasteiger partial charge >= 0.3 is 0 Å². The Morgan fingerprint density at radius 2 is 2.06 bits per heavy atom. The minimum atomic E-state index is -0.239. The normalized spacial score (nSPS) is 11.1. The van der Waals surface area contributed by atoms with E-state index in [2.05, 4.69) is 5.32 Å². The molecule has 0 heterocycles. The van der Waals surface area contributed by atoms with Crippen LogP contribution >= 0.6 is 0 Å². The molecule has 94 valence electrons. The Balaban J connectivity index is 2.50. The van der Waals surface area contributed by atoms with E-state index in [0.29, 0.717) is 5.75 Å². The topological polar surface area (TPSA) is 64.3 Å². The molecule has 0 radical (unpaired) electrons. The average molecular weight is 236 g/mol. The molecule has 0 aromatic heterocycles. The molecule has 0 aliphatic rings. The lowest BCUT2D eigenvalue weighted by Crippen LogP contribution is -2.43. The number of amides is 1. The van der Waals surface area contributed by atoms with E-state index in [4.69, 9.17) is 10.5 Å². The number of aryl methyl sites for hydroxylation is 1. The van der Waals surface area contributed by atoms with Gasteiger partial charge in [-0.3, -0.25) is 4.79 Å². The Bertz CT molecular complexity index is 408. The number of carbonyl (C=O) groups excluding carboxylic acids is 1. The van der Waals surface area contributed by atoms with Crippen LogP contribution in [0.1, 0.15) is 26.3 Å². The summed E-state index contributed by atoms with van der Waals surface area (Å²) in [6, 6.07) is 5.35. The van der Waals surface area contributed by atoms with Gasteiger partial charge in [0.15, 0.2) is 6.61 Å². The van der Waals surface area contributed by atoms with Crippen LogP contribution < -0.4 is 15.8 Å². The monoisotopic (exact) mass is 236 g/mol. The smallest absolute Gasteiger partial charge is 0.258 e. The van der Waals surface area contributed by atoms with Gasteiger partial charge in [0.2, 0.25) is 0 Å². The van der Waals surface area contributed by atoms with E-state index in [9.17, 15) is 4.79 Å². The number of anilines is 1. The van der Waals surface area contributed by atoms with Gasteiger partial charge in [-0.05, 0) is 51.5 Å². The van der Waals surface area contributed by atoms with Gasteiger partial charge in [-0.15, -0.1) is 0 Å². The zero-order valence-corrected chi connectivity index (χ0v) is 10.8. The quantitative estimate of drug-likeness (QED) is 0.787. The van der Waals surface area contributed by atoms with Gasteiger partial charge < -0.3 is 15.8 Å². The van der Waals surface area contributed by atoms with Crippen molar-refractivity contribution in [3.8, 4) is 5.75 Å². The zero-order chi connectivity index (χ0) is 13.1. The summed E-state index contributed by atoms with van der Waals surface area (Å²) in [6.45, 7) is 7.70. The Hall–Kier alpha value is -1.71. The molecule has 17 heavy (non-hydrogen) atoms. The first kappa shape index (κ1) is 13.4. The lowest BCUT2D eigenvalue weighted by molar-refractivity contribution is -0.124. The predicted octanol–water partition coefficient (Wildman–Crippen LogP) is 1.87. The molecular weight excluding hydrogens is 216 g/mol. The summed E-state index contributed by atoms with van der Waals surface area (Å²) in [4.78, 5) is 11.5. The molecule has 0 aliphatic heterocycles. The van der Waals surface area contributed by atoms with E-state index in [0.717, 1.165) is 11.3 Å². The van der Waals surface area contributed by atoms with Crippen LogP contribution in [0.15, 0.2) is 18.2 Å². The second-order valence-electron chi connectivity index (χ2n) is 5.11. The molecule has 1 aromatic carbocycles. The molecule has 4 nitrogen and oxygen atoms in total. The van der Waals surface area contributed by atoms with Gasteiger partial charge in [0.1, 0.15) is 5.75 Å². The molecule has 0 atom stereocenters. The number of nitrogens with two attached hydrogens (primary N) is 1. The van der Waals surface area contributed by atoms with Crippen molar-refractivity contribution in [1.29, 1.82) is 0 Å². The molecular formula is C13H20N2O2. The lowest BCUT2D eigenvalue weighted by Gasteiger charge is -2.20. The molecule has 0 bridgehead atoms. The molecule has 0 spiro atoms. The van der Waals surface area contributed by atoms with E-state index >= 15 is 0 Å². The summed E-state index contributed by atoms with van der Waals surface area (Å²) < 4.78 is 5.38. The van der Waals surface area contributed by atoms with Crippen molar-refractivity contribution in [3.05, 3.63) is 23.8 Å². The van der Waals surface area contributed by atoms with Crippen molar-refractivity contribution in [2.24, 2.45) is 0 Å². The van der Waals surface area contributed by atoms with Crippen molar-refractivity contribution in [3.63, 3.8) is 0 Å². The summed E-state index contributed by atoms with van der Waals surface area (Å²) in [5.74, 6) is 0.521. The molecule has 3 N–H and O–H groups in total. The van der Waals surface area contributed by atoms with E-state index < -0.39 is 0 Å². The van der Waals surface area contributed by atoms with E-state index in [1.54, 1.807) is 12.1 Å². The third-order valence-corrected chi connectivity index (χ3v) is 2.13. The van der Waals surface area contributed by atoms with Crippen LogP contribution in [0.25, 0.3) is 0 Å². The van der Waals surface area contributed by atoms with Crippen molar-refractivity contribution in [2.45, 2.75) is 33.2 Å². The number of nitrogen functional groups attached to an aromatic ring is 1. The number of rotatable bonds is 3. The van der Waals surface area contributed by atoms with Gasteiger partial charge in [0.05, 0.1) is 0 Å². The SMILES string of the molecule is Cc1cc(OCC(=O)NC(C)(C)C)ccc1N. The van der Waals surface area contributed by atoms with Gasteiger partial charge in [-0.25, -0.2) is 0 Å². The Kier molecular flexibility index (Phi) is 3.99. The maximum atomic E-state index is 11.5. The first-order chi connectivity index (χ1) is 7.78. The molecule has 1 rings (SSSR count). The molecule has 0 saturated carbocycles. The highest BCUT2D eigenvalue weighted by atomic mass is 16.5. The van der Waals surface area contributed by atoms with Crippen LogP contribution in [-0.4, -0.2) is 18.1 Å². The summed E-state index contributed by atoms with van der Waals surface area (Å²) in [5.41, 5.74) is 7.12. The predicted molar refractivity (Wildman–Crippen MR) is 69.0 cm³/mol. The minimum absolute atomic E-state index is 0.0145. The Morgan fingerprint density at radius 1 is 1.41 bits per heavy atom. The molecule has 1 amide bonds. The summed E-state index contributed by atoms with van der Waals surface area (Å²) in [5, 5.41) is 2.83. The highest BCUT2D eigenvalue weighted by Gasteiger charge is 2.13. The fourth-order valence-electron chi connectivity index (χ4n) is 1.34. The number of hydrogen-bond acceptors (Lipinski definition) is 3. The van der Waals surface area contributed by atoms with Crippen LogP contribution in [0.5, 0.6) is 5.75 Å². The zero-order valence-electron chi connectivity index (χ0n) is 10.8. The second-order valence-corrected chi connectivity index (χ2v) is 5.11. The molecule has 1 aromatic rings. The van der Waals surface area contributed by atoms with Crippen molar-refractivity contribution >= 4 is 11.6 Å². The molecule has 0 fully saturated rings. The fourth-order valence-corrected chi connectivity index (χ4v) is 1.34. The van der Waals surface area contributed by atoms with Gasteiger partial charge in [0.25, 0.3) is 5.91 Å². The van der Waals surface area contributed by atoms with E-state index in [1.807, 2.05) is 33.8 Å². The van der Waals surface area contributed by atoms with Crippen LogP contribution in [0.2, 0.25) is 0 Å².